The van der Waals surface area contributed by atoms with Gasteiger partial charge in [-0.25, -0.2) is 4.79 Å². The third-order valence-electron chi connectivity index (χ3n) is 6.86. The van der Waals surface area contributed by atoms with E-state index < -0.39 is 23.7 Å². The van der Waals surface area contributed by atoms with Gasteiger partial charge >= 0.3 is 12.2 Å². The molecule has 6 rings (SSSR count). The van der Waals surface area contributed by atoms with E-state index >= 15 is 0 Å². The maximum atomic E-state index is 12.9. The van der Waals surface area contributed by atoms with Gasteiger partial charge in [0.25, 0.3) is 5.91 Å². The molecule has 1 heterocycles. The number of carbonyl (C=O) groups excluding carboxylic acids is 2. The molecule has 4 saturated carbocycles. The summed E-state index contributed by atoms with van der Waals surface area (Å²) >= 11 is 0. The first-order valence-electron chi connectivity index (χ1n) is 10.7. The standard InChI is InChI=1S/C21H23F3N6O2/c22-21(23,24)16-3-1-2-15(7-16)18-27-29-30(28-18)11-17(31)25-19(32)26-20-8-12-4-13(9-20)6-14(5-12)10-20/h1-3,7,12-14H,4-6,8-11H2,(H2,25,26,31,32). The minimum atomic E-state index is -4.49. The third-order valence-corrected chi connectivity index (χ3v) is 6.86. The Morgan fingerprint density at radius 2 is 1.75 bits per heavy atom. The number of benzene rings is 1. The summed E-state index contributed by atoms with van der Waals surface area (Å²) < 4.78 is 38.7. The summed E-state index contributed by atoms with van der Waals surface area (Å²) in [6.07, 6.45) is 2.13. The fraction of sp³-hybridized carbons (Fsp3) is 0.571. The molecule has 4 fully saturated rings. The molecule has 4 aliphatic rings. The van der Waals surface area contributed by atoms with Gasteiger partial charge in [-0.1, -0.05) is 12.1 Å². The number of amides is 3. The van der Waals surface area contributed by atoms with E-state index in [4.69, 9.17) is 0 Å². The molecule has 170 valence electrons. The molecule has 2 aromatic rings. The van der Waals surface area contributed by atoms with Crippen molar-refractivity contribution >= 4 is 11.9 Å². The number of carbonyl (C=O) groups is 2. The molecule has 1 aromatic heterocycles. The summed E-state index contributed by atoms with van der Waals surface area (Å²) in [7, 11) is 0. The van der Waals surface area contributed by atoms with Crippen LogP contribution < -0.4 is 10.6 Å². The van der Waals surface area contributed by atoms with Gasteiger partial charge in [0.1, 0.15) is 6.54 Å². The quantitative estimate of drug-likeness (QED) is 0.748. The summed E-state index contributed by atoms with van der Waals surface area (Å²) in [5.41, 5.74) is -0.919. The average Bonchev–Trinajstić information content (AvgIpc) is 3.14. The molecule has 2 N–H and O–H groups in total. The molecular formula is C21H23F3N6O2. The highest BCUT2D eigenvalue weighted by atomic mass is 19.4. The zero-order valence-electron chi connectivity index (χ0n) is 17.2. The van der Waals surface area contributed by atoms with E-state index in [-0.39, 0.29) is 23.5 Å². The lowest BCUT2D eigenvalue weighted by molar-refractivity contribution is -0.137. The van der Waals surface area contributed by atoms with Gasteiger partial charge in [0.05, 0.1) is 5.56 Å². The first-order chi connectivity index (χ1) is 15.2. The number of hydrogen-bond donors (Lipinski definition) is 2. The van der Waals surface area contributed by atoms with Crippen molar-refractivity contribution in [1.29, 1.82) is 0 Å². The smallest absolute Gasteiger partial charge is 0.332 e. The SMILES string of the molecule is O=C(Cn1nnc(-c2cccc(C(F)(F)F)c2)n1)NC(=O)NC12CC3CC(CC(C3)C1)C2. The van der Waals surface area contributed by atoms with Crippen molar-refractivity contribution in [2.45, 2.75) is 56.8 Å². The van der Waals surface area contributed by atoms with E-state index in [1.165, 1.54) is 31.4 Å². The predicted octanol–water partition coefficient (Wildman–Crippen LogP) is 3.15. The van der Waals surface area contributed by atoms with Crippen LogP contribution in [0.25, 0.3) is 11.4 Å². The summed E-state index contributed by atoms with van der Waals surface area (Å²) in [6.45, 7) is -0.375. The van der Waals surface area contributed by atoms with Gasteiger partial charge in [0, 0.05) is 11.1 Å². The lowest BCUT2D eigenvalue weighted by Crippen LogP contribution is -2.62. The Kier molecular flexibility index (Phi) is 4.94. The predicted molar refractivity (Wildman–Crippen MR) is 106 cm³/mol. The molecule has 3 amide bonds. The van der Waals surface area contributed by atoms with Gasteiger partial charge in [0.15, 0.2) is 0 Å². The fourth-order valence-electron chi connectivity index (χ4n) is 6.09. The van der Waals surface area contributed by atoms with E-state index in [9.17, 15) is 22.8 Å². The van der Waals surface area contributed by atoms with Crippen molar-refractivity contribution < 1.29 is 22.8 Å². The Hall–Kier alpha value is -2.98. The van der Waals surface area contributed by atoms with E-state index in [0.717, 1.165) is 36.2 Å². The molecule has 0 saturated heterocycles. The Morgan fingerprint density at radius 3 is 2.38 bits per heavy atom. The van der Waals surface area contributed by atoms with Crippen molar-refractivity contribution in [3.63, 3.8) is 0 Å². The second kappa shape index (κ2) is 7.56. The Balaban J connectivity index is 1.19. The van der Waals surface area contributed by atoms with E-state index in [1.807, 2.05) is 0 Å². The lowest BCUT2D eigenvalue weighted by Gasteiger charge is -2.56. The first-order valence-corrected chi connectivity index (χ1v) is 10.7. The Labute approximate surface area is 181 Å². The summed E-state index contributed by atoms with van der Waals surface area (Å²) in [5, 5.41) is 16.8. The molecular weight excluding hydrogens is 425 g/mol. The van der Waals surface area contributed by atoms with Crippen LogP contribution in [-0.4, -0.2) is 37.7 Å². The Bertz CT molecular complexity index is 1010. The maximum Gasteiger partial charge on any atom is 0.416 e. The highest BCUT2D eigenvalue weighted by Gasteiger charge is 2.51. The van der Waals surface area contributed by atoms with Gasteiger partial charge in [-0.3, -0.25) is 10.1 Å². The van der Waals surface area contributed by atoms with Crippen molar-refractivity contribution in [2.24, 2.45) is 17.8 Å². The number of rotatable bonds is 4. The maximum absolute atomic E-state index is 12.9. The van der Waals surface area contributed by atoms with Gasteiger partial charge in [0.2, 0.25) is 5.82 Å². The van der Waals surface area contributed by atoms with Gasteiger partial charge in [-0.2, -0.15) is 18.0 Å². The zero-order valence-corrected chi connectivity index (χ0v) is 17.2. The molecule has 1 aromatic carbocycles. The highest BCUT2D eigenvalue weighted by Crippen LogP contribution is 2.55. The molecule has 32 heavy (non-hydrogen) atoms. The Morgan fingerprint density at radius 1 is 1.09 bits per heavy atom. The second-order valence-electron chi connectivity index (χ2n) is 9.42. The molecule has 11 heteroatoms. The van der Waals surface area contributed by atoms with Crippen LogP contribution in [0.4, 0.5) is 18.0 Å². The van der Waals surface area contributed by atoms with Crippen molar-refractivity contribution in [2.75, 3.05) is 0 Å². The molecule has 0 atom stereocenters. The molecule has 8 nitrogen and oxygen atoms in total. The van der Waals surface area contributed by atoms with E-state index in [2.05, 4.69) is 26.0 Å². The number of alkyl halides is 3. The number of hydrogen-bond acceptors (Lipinski definition) is 5. The molecule has 0 aliphatic heterocycles. The normalized spacial score (nSPS) is 28.5. The van der Waals surface area contributed by atoms with Gasteiger partial charge < -0.3 is 5.32 Å². The largest absolute Gasteiger partial charge is 0.416 e. The van der Waals surface area contributed by atoms with Crippen LogP contribution >= 0.6 is 0 Å². The first kappa shape index (κ1) is 20.9. The average molecular weight is 448 g/mol. The van der Waals surface area contributed by atoms with Crippen LogP contribution in [0.2, 0.25) is 0 Å². The van der Waals surface area contributed by atoms with Crippen molar-refractivity contribution in [1.82, 2.24) is 30.8 Å². The molecule has 0 spiro atoms. The van der Waals surface area contributed by atoms with Crippen LogP contribution in [0.5, 0.6) is 0 Å². The zero-order chi connectivity index (χ0) is 22.5. The second-order valence-corrected chi connectivity index (χ2v) is 9.42. The van der Waals surface area contributed by atoms with Crippen LogP contribution in [0.3, 0.4) is 0 Å². The third kappa shape index (κ3) is 4.20. The number of tetrazole rings is 1. The molecule has 0 radical (unpaired) electrons. The van der Waals surface area contributed by atoms with Crippen LogP contribution in [0.1, 0.15) is 44.1 Å². The van der Waals surface area contributed by atoms with Crippen molar-refractivity contribution in [3.8, 4) is 11.4 Å². The lowest BCUT2D eigenvalue weighted by atomic mass is 9.53. The number of halogens is 3. The number of nitrogens with zero attached hydrogens (tertiary/aromatic N) is 4. The number of imide groups is 1. The number of aromatic nitrogens is 4. The number of nitrogens with one attached hydrogen (secondary N) is 2. The highest BCUT2D eigenvalue weighted by molar-refractivity contribution is 5.94. The molecule has 4 aliphatic carbocycles. The monoisotopic (exact) mass is 448 g/mol. The summed E-state index contributed by atoms with van der Waals surface area (Å²) in [4.78, 5) is 25.7. The number of urea groups is 1. The van der Waals surface area contributed by atoms with Crippen molar-refractivity contribution in [3.05, 3.63) is 29.8 Å². The molecule has 4 bridgehead atoms. The summed E-state index contributed by atoms with van der Waals surface area (Å²) in [5.74, 6) is 1.31. The van der Waals surface area contributed by atoms with Crippen LogP contribution in [0.15, 0.2) is 24.3 Å². The fourth-order valence-corrected chi connectivity index (χ4v) is 6.09. The minimum Gasteiger partial charge on any atom is -0.332 e. The molecule has 0 unspecified atom stereocenters. The topological polar surface area (TPSA) is 102 Å². The van der Waals surface area contributed by atoms with Gasteiger partial charge in [-0.05, 0) is 73.6 Å². The van der Waals surface area contributed by atoms with E-state index in [1.54, 1.807) is 0 Å². The van der Waals surface area contributed by atoms with Crippen LogP contribution in [-0.2, 0) is 17.5 Å². The van der Waals surface area contributed by atoms with Crippen LogP contribution in [0, 0.1) is 17.8 Å². The summed E-state index contributed by atoms with van der Waals surface area (Å²) in [6, 6.07) is 4.01. The van der Waals surface area contributed by atoms with E-state index in [0.29, 0.717) is 17.8 Å². The minimum absolute atomic E-state index is 0.0399. The van der Waals surface area contributed by atoms with Gasteiger partial charge in [-0.15, -0.1) is 10.2 Å².